The molecular formula is C16H31NO. The van der Waals surface area contributed by atoms with Crippen molar-refractivity contribution < 1.29 is 4.74 Å². The summed E-state index contributed by atoms with van der Waals surface area (Å²) in [5.74, 6) is 0.937. The highest BCUT2D eigenvalue weighted by Crippen LogP contribution is 2.48. The molecule has 0 aromatic carbocycles. The van der Waals surface area contributed by atoms with E-state index in [1.807, 2.05) is 0 Å². The van der Waals surface area contributed by atoms with Gasteiger partial charge in [-0.3, -0.25) is 0 Å². The first kappa shape index (κ1) is 14.3. The fourth-order valence-corrected chi connectivity index (χ4v) is 3.14. The Morgan fingerprint density at radius 1 is 1.22 bits per heavy atom. The molecule has 0 unspecified atom stereocenters. The molecule has 2 nitrogen and oxygen atoms in total. The molecule has 0 amide bonds. The van der Waals surface area contributed by atoms with E-state index in [0.717, 1.165) is 12.5 Å². The lowest BCUT2D eigenvalue weighted by Crippen LogP contribution is -2.50. The van der Waals surface area contributed by atoms with Crippen molar-refractivity contribution >= 4 is 0 Å². The Labute approximate surface area is 113 Å². The van der Waals surface area contributed by atoms with Crippen LogP contribution in [-0.2, 0) is 4.74 Å². The van der Waals surface area contributed by atoms with Gasteiger partial charge in [-0.25, -0.2) is 0 Å². The molecule has 1 saturated heterocycles. The Morgan fingerprint density at radius 3 is 2.28 bits per heavy atom. The summed E-state index contributed by atoms with van der Waals surface area (Å²) in [6.07, 6.45) is 4.51. The third kappa shape index (κ3) is 4.24. The van der Waals surface area contributed by atoms with Crippen molar-refractivity contribution in [1.29, 1.82) is 0 Å². The van der Waals surface area contributed by atoms with Gasteiger partial charge in [0.1, 0.15) is 0 Å². The van der Waals surface area contributed by atoms with Crippen LogP contribution in [0.2, 0.25) is 0 Å². The summed E-state index contributed by atoms with van der Waals surface area (Å²) in [5.41, 5.74) is 1.02. The topological polar surface area (TPSA) is 12.5 Å². The minimum atomic E-state index is 0.382. The number of likely N-dealkylation sites (tertiary alicyclic amines) is 1. The zero-order valence-electron chi connectivity index (χ0n) is 13.0. The molecule has 2 fully saturated rings. The largest absolute Gasteiger partial charge is 0.378 e. The van der Waals surface area contributed by atoms with Crippen molar-refractivity contribution in [3.8, 4) is 0 Å². The number of rotatable bonds is 6. The molecule has 2 aliphatic rings. The van der Waals surface area contributed by atoms with Crippen LogP contribution < -0.4 is 0 Å². The summed E-state index contributed by atoms with van der Waals surface area (Å²) >= 11 is 0. The van der Waals surface area contributed by atoms with Crippen molar-refractivity contribution in [1.82, 2.24) is 4.90 Å². The van der Waals surface area contributed by atoms with E-state index in [0.29, 0.717) is 16.9 Å². The average molecular weight is 253 g/mol. The zero-order chi connectivity index (χ0) is 13.4. The van der Waals surface area contributed by atoms with E-state index >= 15 is 0 Å². The minimum absolute atomic E-state index is 0.382. The fourth-order valence-electron chi connectivity index (χ4n) is 3.14. The first-order valence-corrected chi connectivity index (χ1v) is 7.62. The van der Waals surface area contributed by atoms with Gasteiger partial charge in [-0.05, 0) is 44.4 Å². The highest BCUT2D eigenvalue weighted by atomic mass is 16.5. The zero-order valence-corrected chi connectivity index (χ0v) is 13.0. The summed E-state index contributed by atoms with van der Waals surface area (Å²) in [5, 5.41) is 0. The second kappa shape index (κ2) is 5.13. The van der Waals surface area contributed by atoms with Gasteiger partial charge in [-0.2, -0.15) is 0 Å². The molecule has 0 bridgehead atoms. The molecule has 0 aromatic rings. The van der Waals surface area contributed by atoms with E-state index in [4.69, 9.17) is 4.74 Å². The molecule has 2 rings (SSSR count). The number of hydrogen-bond acceptors (Lipinski definition) is 2. The Kier molecular flexibility index (Phi) is 4.08. The predicted molar refractivity (Wildman–Crippen MR) is 76.8 cm³/mol. The van der Waals surface area contributed by atoms with Crippen LogP contribution in [0.1, 0.15) is 53.9 Å². The second-order valence-corrected chi connectivity index (χ2v) is 8.18. The van der Waals surface area contributed by atoms with Gasteiger partial charge >= 0.3 is 0 Å². The molecule has 0 spiro atoms. The Bertz CT molecular complexity index is 269. The summed E-state index contributed by atoms with van der Waals surface area (Å²) in [6, 6.07) is 0. The summed E-state index contributed by atoms with van der Waals surface area (Å²) in [6.45, 7) is 16.2. The van der Waals surface area contributed by atoms with Gasteiger partial charge in [0.25, 0.3) is 0 Å². The van der Waals surface area contributed by atoms with E-state index in [1.54, 1.807) is 0 Å². The number of ether oxygens (including phenoxy) is 1. The van der Waals surface area contributed by atoms with Crippen LogP contribution in [0.5, 0.6) is 0 Å². The molecule has 1 saturated carbocycles. The molecule has 18 heavy (non-hydrogen) atoms. The van der Waals surface area contributed by atoms with Crippen molar-refractivity contribution in [3.63, 3.8) is 0 Å². The molecule has 0 radical (unpaired) electrons. The van der Waals surface area contributed by atoms with Gasteiger partial charge in [0, 0.05) is 25.0 Å². The van der Waals surface area contributed by atoms with Gasteiger partial charge in [-0.1, -0.05) is 20.8 Å². The predicted octanol–water partition coefficient (Wildman–Crippen LogP) is 3.56. The third-order valence-corrected chi connectivity index (χ3v) is 4.17. The van der Waals surface area contributed by atoms with E-state index in [-0.39, 0.29) is 0 Å². The monoisotopic (exact) mass is 253 g/mol. The maximum Gasteiger partial charge on any atom is 0.0538 e. The third-order valence-electron chi connectivity index (χ3n) is 4.17. The maximum absolute atomic E-state index is 5.82. The lowest BCUT2D eigenvalue weighted by Gasteiger charge is -2.43. The van der Waals surface area contributed by atoms with Crippen LogP contribution in [0.4, 0.5) is 0 Å². The lowest BCUT2D eigenvalue weighted by molar-refractivity contribution is 0.00210. The molecule has 106 valence electrons. The summed E-state index contributed by atoms with van der Waals surface area (Å²) < 4.78 is 5.82. The van der Waals surface area contributed by atoms with Crippen molar-refractivity contribution in [2.24, 2.45) is 16.7 Å². The highest BCUT2D eigenvalue weighted by molar-refractivity contribution is 4.98. The second-order valence-electron chi connectivity index (χ2n) is 8.18. The van der Waals surface area contributed by atoms with Gasteiger partial charge in [0.2, 0.25) is 0 Å². The van der Waals surface area contributed by atoms with Crippen LogP contribution in [0.3, 0.4) is 0 Å². The van der Waals surface area contributed by atoms with Crippen LogP contribution in [-0.4, -0.2) is 37.2 Å². The summed E-state index contributed by atoms with van der Waals surface area (Å²) in [7, 11) is 0. The van der Waals surface area contributed by atoms with Gasteiger partial charge in [-0.15, -0.1) is 0 Å². The minimum Gasteiger partial charge on any atom is -0.378 e. The quantitative estimate of drug-likeness (QED) is 0.717. The van der Waals surface area contributed by atoms with Crippen LogP contribution in [0.25, 0.3) is 0 Å². The van der Waals surface area contributed by atoms with Crippen LogP contribution in [0, 0.1) is 16.7 Å². The van der Waals surface area contributed by atoms with Crippen LogP contribution in [0.15, 0.2) is 0 Å². The van der Waals surface area contributed by atoms with Crippen molar-refractivity contribution in [2.45, 2.75) is 60.0 Å². The number of nitrogens with zero attached hydrogens (tertiary/aromatic N) is 1. The van der Waals surface area contributed by atoms with Gasteiger partial charge in [0.05, 0.1) is 12.7 Å². The fraction of sp³-hybridized carbons (Fsp3) is 1.00. The highest BCUT2D eigenvalue weighted by Gasteiger charge is 2.46. The van der Waals surface area contributed by atoms with E-state index in [1.165, 1.54) is 38.9 Å². The first-order valence-electron chi connectivity index (χ1n) is 7.62. The van der Waals surface area contributed by atoms with Gasteiger partial charge < -0.3 is 9.64 Å². The standard InChI is InChI=1S/C16H31NO/c1-13(2)18-12-16(6-7-16)11-17-9-14(10-17)8-15(3,4)5/h13-14H,6-12H2,1-5H3. The van der Waals surface area contributed by atoms with Crippen molar-refractivity contribution in [2.75, 3.05) is 26.2 Å². The lowest BCUT2D eigenvalue weighted by atomic mass is 9.81. The molecule has 0 aromatic heterocycles. The van der Waals surface area contributed by atoms with E-state index in [2.05, 4.69) is 39.5 Å². The normalized spacial score (nSPS) is 24.3. The molecule has 1 aliphatic carbocycles. The molecule has 1 aliphatic heterocycles. The van der Waals surface area contributed by atoms with Crippen LogP contribution >= 0.6 is 0 Å². The smallest absolute Gasteiger partial charge is 0.0538 e. The van der Waals surface area contributed by atoms with Crippen molar-refractivity contribution in [3.05, 3.63) is 0 Å². The molecule has 2 heteroatoms. The SMILES string of the molecule is CC(C)OCC1(CN2CC(CC(C)(C)C)C2)CC1. The average Bonchev–Trinajstić information content (AvgIpc) is 2.90. The van der Waals surface area contributed by atoms with Gasteiger partial charge in [0.15, 0.2) is 0 Å². The first-order chi connectivity index (χ1) is 8.28. The van der Waals surface area contributed by atoms with E-state index < -0.39 is 0 Å². The Hall–Kier alpha value is -0.0800. The molecule has 0 atom stereocenters. The molecule has 0 N–H and O–H groups in total. The number of hydrogen-bond donors (Lipinski definition) is 0. The molecular weight excluding hydrogens is 222 g/mol. The van der Waals surface area contributed by atoms with E-state index in [9.17, 15) is 0 Å². The summed E-state index contributed by atoms with van der Waals surface area (Å²) in [4.78, 5) is 2.65. The maximum atomic E-state index is 5.82. The Balaban J connectivity index is 1.65. The molecule has 1 heterocycles. The Morgan fingerprint density at radius 2 is 1.83 bits per heavy atom.